The quantitative estimate of drug-likeness (QED) is 0.234. The third-order valence-corrected chi connectivity index (χ3v) is 7.97. The van der Waals surface area contributed by atoms with Crippen LogP contribution in [0.4, 0.5) is 0 Å². The molecular formula is C35H22N6. The molecule has 0 aliphatic heterocycles. The fourth-order valence-corrected chi connectivity index (χ4v) is 6.28. The molecular weight excluding hydrogens is 504 g/mol. The van der Waals surface area contributed by atoms with E-state index in [0.29, 0.717) is 0 Å². The molecule has 0 aliphatic rings. The second kappa shape index (κ2) is 8.37. The van der Waals surface area contributed by atoms with Gasteiger partial charge in [-0.2, -0.15) is 0 Å². The average Bonchev–Trinajstić information content (AvgIpc) is 3.68. The van der Waals surface area contributed by atoms with Gasteiger partial charge in [0, 0.05) is 28.9 Å². The molecule has 0 unspecified atom stereocenters. The maximum atomic E-state index is 5.12. The van der Waals surface area contributed by atoms with Gasteiger partial charge < -0.3 is 0 Å². The standard InChI is InChI=1S/C35H22N6/c1-4-15-27(39-32-20-10-21-36-33(32)25-13-9-22-37-34(25)39)23(11-1)24-12-2-5-16-28(24)40-30-18-7-8-19-31(30)41-29-17-6-3-14-26(29)38-35(40)41/h1-22H. The van der Waals surface area contributed by atoms with Crippen LogP contribution in [0.1, 0.15) is 0 Å². The molecule has 6 heteroatoms. The molecule has 9 rings (SSSR count). The number of rotatable bonds is 3. The molecule has 192 valence electrons. The zero-order chi connectivity index (χ0) is 26.9. The summed E-state index contributed by atoms with van der Waals surface area (Å²) in [5.74, 6) is 0.889. The van der Waals surface area contributed by atoms with E-state index in [1.807, 2.05) is 30.6 Å². The molecule has 0 N–H and O–H groups in total. The lowest BCUT2D eigenvalue weighted by atomic mass is 10.0. The van der Waals surface area contributed by atoms with Gasteiger partial charge in [-0.25, -0.2) is 9.97 Å². The molecule has 0 saturated heterocycles. The van der Waals surface area contributed by atoms with Gasteiger partial charge in [0.1, 0.15) is 5.65 Å². The second-order valence-corrected chi connectivity index (χ2v) is 10.2. The largest absolute Gasteiger partial charge is 0.292 e. The van der Waals surface area contributed by atoms with Gasteiger partial charge in [-0.15, -0.1) is 0 Å². The summed E-state index contributed by atoms with van der Waals surface area (Å²) in [7, 11) is 0. The first-order valence-corrected chi connectivity index (χ1v) is 13.6. The zero-order valence-corrected chi connectivity index (χ0v) is 21.9. The SMILES string of the molecule is c1ccc(-n2c3cccnc3c3cccnc32)c(-c2ccccc2-n2c3ccccc3n3c4ccccc4nc23)c1. The first-order chi connectivity index (χ1) is 20.4. The van der Waals surface area contributed by atoms with Crippen LogP contribution in [0.3, 0.4) is 0 Å². The summed E-state index contributed by atoms with van der Waals surface area (Å²) in [6.45, 7) is 0. The summed E-state index contributed by atoms with van der Waals surface area (Å²) in [6.07, 6.45) is 3.69. The zero-order valence-electron chi connectivity index (χ0n) is 21.9. The molecule has 6 nitrogen and oxygen atoms in total. The molecule has 0 fully saturated rings. The van der Waals surface area contributed by atoms with Crippen LogP contribution in [0.25, 0.3) is 72.4 Å². The van der Waals surface area contributed by atoms with Crippen molar-refractivity contribution in [3.05, 3.63) is 134 Å². The van der Waals surface area contributed by atoms with Crippen LogP contribution in [-0.4, -0.2) is 28.5 Å². The van der Waals surface area contributed by atoms with Gasteiger partial charge in [-0.1, -0.05) is 60.7 Å². The van der Waals surface area contributed by atoms with Crippen molar-refractivity contribution in [3.8, 4) is 22.5 Å². The van der Waals surface area contributed by atoms with E-state index in [4.69, 9.17) is 15.0 Å². The third kappa shape index (κ3) is 3.04. The van der Waals surface area contributed by atoms with E-state index >= 15 is 0 Å². The highest BCUT2D eigenvalue weighted by molar-refractivity contribution is 6.06. The number of hydrogen-bond donors (Lipinski definition) is 0. The molecule has 0 bridgehead atoms. The minimum atomic E-state index is 0.888. The van der Waals surface area contributed by atoms with Gasteiger partial charge >= 0.3 is 0 Å². The fraction of sp³-hybridized carbons (Fsp3) is 0. The van der Waals surface area contributed by atoms with E-state index < -0.39 is 0 Å². The summed E-state index contributed by atoms with van der Waals surface area (Å²) in [5.41, 5.74) is 11.5. The smallest absolute Gasteiger partial charge is 0.220 e. The van der Waals surface area contributed by atoms with Gasteiger partial charge in [-0.3, -0.25) is 18.5 Å². The Kier molecular flexibility index (Phi) is 4.51. The lowest BCUT2D eigenvalue weighted by Gasteiger charge is -2.17. The average molecular weight is 527 g/mol. The minimum absolute atomic E-state index is 0.888. The summed E-state index contributed by atoms with van der Waals surface area (Å²) in [4.78, 5) is 14.7. The van der Waals surface area contributed by atoms with Crippen LogP contribution >= 0.6 is 0 Å². The van der Waals surface area contributed by atoms with Crippen LogP contribution in [0.2, 0.25) is 0 Å². The number of nitrogens with zero attached hydrogens (tertiary/aromatic N) is 6. The maximum absolute atomic E-state index is 5.12. The van der Waals surface area contributed by atoms with Crippen LogP contribution < -0.4 is 0 Å². The second-order valence-electron chi connectivity index (χ2n) is 10.2. The summed E-state index contributed by atoms with van der Waals surface area (Å²) in [6, 6.07) is 42.1. The molecule has 9 aromatic rings. The molecule has 5 heterocycles. The Morgan fingerprint density at radius 3 is 1.90 bits per heavy atom. The Labute approximate surface area is 234 Å². The molecule has 4 aromatic carbocycles. The molecule has 0 amide bonds. The number of fused-ring (bicyclic) bond motifs is 8. The van der Waals surface area contributed by atoms with Gasteiger partial charge in [0.2, 0.25) is 5.78 Å². The van der Waals surface area contributed by atoms with Gasteiger partial charge in [0.25, 0.3) is 0 Å². The molecule has 5 aromatic heterocycles. The van der Waals surface area contributed by atoms with Crippen molar-refractivity contribution in [1.82, 2.24) is 28.5 Å². The number of para-hydroxylation sites is 6. The summed E-state index contributed by atoms with van der Waals surface area (Å²) < 4.78 is 6.78. The van der Waals surface area contributed by atoms with Crippen molar-refractivity contribution in [2.75, 3.05) is 0 Å². The highest BCUT2D eigenvalue weighted by atomic mass is 15.2. The van der Waals surface area contributed by atoms with Crippen molar-refractivity contribution in [2.24, 2.45) is 0 Å². The van der Waals surface area contributed by atoms with E-state index in [-0.39, 0.29) is 0 Å². The molecule has 0 aliphatic carbocycles. The van der Waals surface area contributed by atoms with Crippen molar-refractivity contribution in [3.63, 3.8) is 0 Å². The Morgan fingerprint density at radius 1 is 0.463 bits per heavy atom. The van der Waals surface area contributed by atoms with Crippen LogP contribution in [0.15, 0.2) is 134 Å². The van der Waals surface area contributed by atoms with E-state index in [0.717, 1.165) is 72.4 Å². The Hall–Kier alpha value is -5.75. The predicted octanol–water partition coefficient (Wildman–Crippen LogP) is 7.99. The highest BCUT2D eigenvalue weighted by Crippen LogP contribution is 2.38. The predicted molar refractivity (Wildman–Crippen MR) is 165 cm³/mol. The van der Waals surface area contributed by atoms with E-state index in [1.54, 1.807) is 0 Å². The number of pyridine rings is 2. The van der Waals surface area contributed by atoms with Crippen LogP contribution in [0, 0.1) is 0 Å². The van der Waals surface area contributed by atoms with Crippen molar-refractivity contribution < 1.29 is 0 Å². The topological polar surface area (TPSA) is 52.9 Å². The molecule has 41 heavy (non-hydrogen) atoms. The first-order valence-electron chi connectivity index (χ1n) is 13.6. The normalized spacial score (nSPS) is 11.9. The molecule has 0 radical (unpaired) electrons. The maximum Gasteiger partial charge on any atom is 0.220 e. The third-order valence-electron chi connectivity index (χ3n) is 7.97. The number of benzene rings is 4. The summed E-state index contributed by atoms with van der Waals surface area (Å²) in [5, 5.41) is 1.04. The Bertz CT molecular complexity index is 2390. The van der Waals surface area contributed by atoms with Crippen molar-refractivity contribution in [1.29, 1.82) is 0 Å². The van der Waals surface area contributed by atoms with Crippen LogP contribution in [-0.2, 0) is 0 Å². The van der Waals surface area contributed by atoms with E-state index in [1.165, 1.54) is 0 Å². The van der Waals surface area contributed by atoms with Crippen molar-refractivity contribution >= 4 is 49.9 Å². The summed E-state index contributed by atoms with van der Waals surface area (Å²) >= 11 is 0. The fourth-order valence-electron chi connectivity index (χ4n) is 6.28. The van der Waals surface area contributed by atoms with Gasteiger partial charge in [0.15, 0.2) is 0 Å². The van der Waals surface area contributed by atoms with Gasteiger partial charge in [-0.05, 0) is 60.7 Å². The lowest BCUT2D eigenvalue weighted by molar-refractivity contribution is 1.10. The number of aromatic nitrogens is 6. The Morgan fingerprint density at radius 2 is 1.07 bits per heavy atom. The minimum Gasteiger partial charge on any atom is -0.292 e. The van der Waals surface area contributed by atoms with Crippen LogP contribution in [0.5, 0.6) is 0 Å². The monoisotopic (exact) mass is 526 g/mol. The van der Waals surface area contributed by atoms with E-state index in [2.05, 4.69) is 117 Å². The highest BCUT2D eigenvalue weighted by Gasteiger charge is 2.21. The molecule has 0 atom stereocenters. The molecule has 0 saturated carbocycles. The first kappa shape index (κ1) is 22.1. The van der Waals surface area contributed by atoms with E-state index in [9.17, 15) is 0 Å². The lowest BCUT2D eigenvalue weighted by Crippen LogP contribution is -2.02. The van der Waals surface area contributed by atoms with Gasteiger partial charge in [0.05, 0.1) is 44.5 Å². The number of imidazole rings is 2. The molecule has 0 spiro atoms. The Balaban J connectivity index is 1.38. The number of hydrogen-bond acceptors (Lipinski definition) is 3. The van der Waals surface area contributed by atoms with Crippen molar-refractivity contribution in [2.45, 2.75) is 0 Å².